The molecule has 1 aromatic rings. The molecule has 130 valence electrons. The summed E-state index contributed by atoms with van der Waals surface area (Å²) in [6.45, 7) is 3.99. The first-order valence-corrected chi connectivity index (χ1v) is 9.18. The van der Waals surface area contributed by atoms with E-state index in [0.29, 0.717) is 18.5 Å². The van der Waals surface area contributed by atoms with Crippen molar-refractivity contribution in [1.82, 2.24) is 9.62 Å². The van der Waals surface area contributed by atoms with E-state index < -0.39 is 32.4 Å². The van der Waals surface area contributed by atoms with Gasteiger partial charge in [0, 0.05) is 12.6 Å². The van der Waals surface area contributed by atoms with Crippen LogP contribution in [0.2, 0.25) is 0 Å². The third kappa shape index (κ3) is 4.45. The lowest BCUT2D eigenvalue weighted by molar-refractivity contribution is 0.159. The number of nitrogens with one attached hydrogen (secondary N) is 1. The van der Waals surface area contributed by atoms with Crippen molar-refractivity contribution < 1.29 is 21.6 Å². The van der Waals surface area contributed by atoms with Crippen LogP contribution < -0.4 is 4.72 Å². The summed E-state index contributed by atoms with van der Waals surface area (Å²) in [5, 5.41) is 0. The number of halogens is 3. The van der Waals surface area contributed by atoms with Crippen LogP contribution in [-0.2, 0) is 10.0 Å². The maximum atomic E-state index is 13.6. The highest BCUT2D eigenvalue weighted by Gasteiger charge is 2.24. The first-order valence-electron chi connectivity index (χ1n) is 7.70. The molecule has 23 heavy (non-hydrogen) atoms. The molecule has 1 aliphatic rings. The third-order valence-electron chi connectivity index (χ3n) is 4.14. The quantitative estimate of drug-likeness (QED) is 0.634. The molecule has 1 heterocycles. The molecule has 0 aliphatic carbocycles. The minimum Gasteiger partial charge on any atom is -0.301 e. The molecule has 0 amide bonds. The van der Waals surface area contributed by atoms with Crippen LogP contribution in [0.25, 0.3) is 0 Å². The summed E-state index contributed by atoms with van der Waals surface area (Å²) in [5.41, 5.74) is 0. The highest BCUT2D eigenvalue weighted by molar-refractivity contribution is 7.89. The maximum absolute atomic E-state index is 13.6. The smallest absolute Gasteiger partial charge is 0.243 e. The van der Waals surface area contributed by atoms with Crippen LogP contribution in [0.1, 0.15) is 32.6 Å². The van der Waals surface area contributed by atoms with Gasteiger partial charge in [0.05, 0.1) is 0 Å². The van der Waals surface area contributed by atoms with Crippen LogP contribution in [0, 0.1) is 17.5 Å². The molecule has 1 saturated heterocycles. The summed E-state index contributed by atoms with van der Waals surface area (Å²) in [4.78, 5) is 1.42. The number of piperidine rings is 1. The van der Waals surface area contributed by atoms with Crippen LogP contribution in [0.4, 0.5) is 13.2 Å². The SMILES string of the molecule is CC1CCCCN1CCCNS(=O)(=O)c1ccc(F)c(F)c1F. The van der Waals surface area contributed by atoms with Crippen molar-refractivity contribution in [2.75, 3.05) is 19.6 Å². The second-order valence-electron chi connectivity index (χ2n) is 5.81. The Bertz CT molecular complexity index is 652. The number of benzene rings is 1. The Balaban J connectivity index is 1.91. The zero-order valence-corrected chi connectivity index (χ0v) is 13.8. The number of nitrogens with zero attached hydrogens (tertiary/aromatic N) is 1. The molecule has 1 unspecified atom stereocenters. The van der Waals surface area contributed by atoms with E-state index in [1.54, 1.807) is 0 Å². The molecular formula is C15H21F3N2O2S. The van der Waals surface area contributed by atoms with E-state index in [0.717, 1.165) is 32.0 Å². The van der Waals surface area contributed by atoms with Gasteiger partial charge in [-0.15, -0.1) is 0 Å². The van der Waals surface area contributed by atoms with E-state index >= 15 is 0 Å². The Morgan fingerprint density at radius 1 is 1.22 bits per heavy atom. The minimum absolute atomic E-state index is 0.115. The van der Waals surface area contributed by atoms with Crippen LogP contribution in [-0.4, -0.2) is 39.0 Å². The number of hydrogen-bond acceptors (Lipinski definition) is 3. The van der Waals surface area contributed by atoms with E-state index in [9.17, 15) is 21.6 Å². The first-order chi connectivity index (χ1) is 10.8. The summed E-state index contributed by atoms with van der Waals surface area (Å²) in [6.07, 6.45) is 4.04. The van der Waals surface area contributed by atoms with Crippen molar-refractivity contribution in [2.24, 2.45) is 0 Å². The molecule has 2 rings (SSSR count). The number of hydrogen-bond donors (Lipinski definition) is 1. The predicted octanol–water partition coefficient (Wildman–Crippen LogP) is 2.65. The summed E-state index contributed by atoms with van der Waals surface area (Å²) >= 11 is 0. The molecule has 1 aliphatic heterocycles. The van der Waals surface area contributed by atoms with Crippen molar-refractivity contribution in [3.8, 4) is 0 Å². The normalized spacial score (nSPS) is 19.9. The Morgan fingerprint density at radius 3 is 2.65 bits per heavy atom. The highest BCUT2D eigenvalue weighted by Crippen LogP contribution is 2.20. The van der Waals surface area contributed by atoms with Crippen LogP contribution in [0.15, 0.2) is 17.0 Å². The van der Waals surface area contributed by atoms with E-state index in [4.69, 9.17) is 0 Å². The lowest BCUT2D eigenvalue weighted by Gasteiger charge is -2.33. The van der Waals surface area contributed by atoms with Gasteiger partial charge < -0.3 is 4.90 Å². The van der Waals surface area contributed by atoms with Gasteiger partial charge in [0.15, 0.2) is 17.5 Å². The van der Waals surface area contributed by atoms with Gasteiger partial charge in [0.2, 0.25) is 10.0 Å². The van der Waals surface area contributed by atoms with Crippen molar-refractivity contribution in [2.45, 2.75) is 43.5 Å². The van der Waals surface area contributed by atoms with Gasteiger partial charge >= 0.3 is 0 Å². The first kappa shape index (κ1) is 18.2. The Hall–Kier alpha value is -1.12. The van der Waals surface area contributed by atoms with E-state index in [1.165, 1.54) is 6.42 Å². The fraction of sp³-hybridized carbons (Fsp3) is 0.600. The largest absolute Gasteiger partial charge is 0.301 e. The molecule has 1 atom stereocenters. The topological polar surface area (TPSA) is 49.4 Å². The Kier molecular flexibility index (Phi) is 6.05. The number of sulfonamides is 1. The zero-order chi connectivity index (χ0) is 17.0. The molecule has 1 N–H and O–H groups in total. The Morgan fingerprint density at radius 2 is 1.96 bits per heavy atom. The van der Waals surface area contributed by atoms with Gasteiger partial charge in [-0.05, 0) is 51.4 Å². The molecule has 8 heteroatoms. The molecular weight excluding hydrogens is 329 g/mol. The third-order valence-corrected chi connectivity index (χ3v) is 5.62. The van der Waals surface area contributed by atoms with Crippen molar-refractivity contribution in [1.29, 1.82) is 0 Å². The van der Waals surface area contributed by atoms with Gasteiger partial charge in [0.1, 0.15) is 4.90 Å². The fourth-order valence-corrected chi connectivity index (χ4v) is 3.91. The van der Waals surface area contributed by atoms with Crippen molar-refractivity contribution in [3.63, 3.8) is 0 Å². The lowest BCUT2D eigenvalue weighted by atomic mass is 10.0. The van der Waals surface area contributed by atoms with E-state index in [1.807, 2.05) is 0 Å². The highest BCUT2D eigenvalue weighted by atomic mass is 32.2. The standard InChI is InChI=1S/C15H21F3N2O2S/c1-11-5-2-3-9-20(11)10-4-8-19-23(21,22)13-7-6-12(16)14(17)15(13)18/h6-7,11,19H,2-5,8-10H2,1H3. The zero-order valence-electron chi connectivity index (χ0n) is 13.0. The van der Waals surface area contributed by atoms with Gasteiger partial charge in [-0.1, -0.05) is 6.42 Å². The predicted molar refractivity (Wildman–Crippen MR) is 81.0 cm³/mol. The second kappa shape index (κ2) is 7.63. The molecule has 0 aromatic heterocycles. The molecule has 0 bridgehead atoms. The van der Waals surface area contributed by atoms with Gasteiger partial charge in [-0.25, -0.2) is 26.3 Å². The van der Waals surface area contributed by atoms with Crippen molar-refractivity contribution >= 4 is 10.0 Å². The Labute approximate surface area is 134 Å². The summed E-state index contributed by atoms with van der Waals surface area (Å²) in [6, 6.07) is 1.80. The summed E-state index contributed by atoms with van der Waals surface area (Å²) in [5.74, 6) is -4.89. The van der Waals surface area contributed by atoms with E-state index in [-0.39, 0.29) is 6.54 Å². The maximum Gasteiger partial charge on any atom is 0.243 e. The minimum atomic E-state index is -4.20. The number of likely N-dealkylation sites (tertiary alicyclic amines) is 1. The van der Waals surface area contributed by atoms with Crippen LogP contribution >= 0.6 is 0 Å². The van der Waals surface area contributed by atoms with Crippen LogP contribution in [0.3, 0.4) is 0 Å². The van der Waals surface area contributed by atoms with Crippen molar-refractivity contribution in [3.05, 3.63) is 29.6 Å². The molecule has 0 radical (unpaired) electrons. The van der Waals surface area contributed by atoms with Gasteiger partial charge in [-0.3, -0.25) is 0 Å². The second-order valence-corrected chi connectivity index (χ2v) is 7.54. The van der Waals surface area contributed by atoms with E-state index in [2.05, 4.69) is 16.5 Å². The monoisotopic (exact) mass is 350 g/mol. The van der Waals surface area contributed by atoms with Crippen LogP contribution in [0.5, 0.6) is 0 Å². The molecule has 1 aromatic carbocycles. The van der Waals surface area contributed by atoms with Gasteiger partial charge in [-0.2, -0.15) is 0 Å². The summed E-state index contributed by atoms with van der Waals surface area (Å²) in [7, 11) is -4.20. The lowest BCUT2D eigenvalue weighted by Crippen LogP contribution is -2.39. The summed E-state index contributed by atoms with van der Waals surface area (Å²) < 4.78 is 65.8. The molecule has 1 fully saturated rings. The average Bonchev–Trinajstić information content (AvgIpc) is 2.50. The average molecular weight is 350 g/mol. The molecule has 4 nitrogen and oxygen atoms in total. The molecule has 0 saturated carbocycles. The van der Waals surface area contributed by atoms with Gasteiger partial charge in [0.25, 0.3) is 0 Å². The number of rotatable bonds is 6. The molecule has 0 spiro atoms. The fourth-order valence-electron chi connectivity index (χ4n) is 2.77.